The molecule has 0 aliphatic carbocycles. The van der Waals surface area contributed by atoms with Gasteiger partial charge in [0.1, 0.15) is 11.4 Å². The van der Waals surface area contributed by atoms with E-state index in [4.69, 9.17) is 0 Å². The summed E-state index contributed by atoms with van der Waals surface area (Å²) in [5, 5.41) is 0. The van der Waals surface area contributed by atoms with Crippen molar-refractivity contribution in [3.05, 3.63) is 24.7 Å². The molecule has 2 aromatic heterocycles. The van der Waals surface area contributed by atoms with Crippen molar-refractivity contribution in [1.29, 1.82) is 0 Å². The first kappa shape index (κ1) is 24.8. The van der Waals surface area contributed by atoms with Gasteiger partial charge in [0.2, 0.25) is 5.88 Å². The van der Waals surface area contributed by atoms with Crippen LogP contribution in [0.2, 0.25) is 0 Å². The van der Waals surface area contributed by atoms with Crippen molar-refractivity contribution in [2.75, 3.05) is 24.9 Å². The fourth-order valence-corrected chi connectivity index (χ4v) is 3.75. The van der Waals surface area contributed by atoms with E-state index in [1.807, 2.05) is 0 Å². The van der Waals surface area contributed by atoms with E-state index >= 15 is 0 Å². The van der Waals surface area contributed by atoms with Crippen LogP contribution in [0.4, 0.5) is 27.6 Å². The van der Waals surface area contributed by atoms with Gasteiger partial charge in [-0.1, -0.05) is 6.92 Å². The summed E-state index contributed by atoms with van der Waals surface area (Å²) < 4.78 is 107. The minimum atomic E-state index is -5.79. The lowest BCUT2D eigenvalue weighted by Crippen LogP contribution is -2.41. The summed E-state index contributed by atoms with van der Waals surface area (Å²) in [6.45, 7) is -0.614. The predicted molar refractivity (Wildman–Crippen MR) is 102 cm³/mol. The largest absolute Gasteiger partial charge is 0.470 e. The van der Waals surface area contributed by atoms with Crippen molar-refractivity contribution in [3.8, 4) is 17.3 Å². The average Bonchev–Trinajstić information content (AvgIpc) is 2.65. The Morgan fingerprint density at radius 3 is 2.13 bits per heavy atom. The highest BCUT2D eigenvalue weighted by atomic mass is 32.2. The molecule has 0 saturated heterocycles. The lowest BCUT2D eigenvalue weighted by Gasteiger charge is -2.19. The van der Waals surface area contributed by atoms with Gasteiger partial charge in [-0.3, -0.25) is 4.98 Å². The Labute approximate surface area is 175 Å². The number of sulfone groups is 1. The number of nitrogens with zero attached hydrogens (tertiary/aromatic N) is 4. The Bertz CT molecular complexity index is 1170. The Hall–Kier alpha value is -2.42. The fraction of sp³-hybridized carbons (Fsp3) is 0.438. The van der Waals surface area contributed by atoms with Crippen LogP contribution in [0.15, 0.2) is 33.9 Å². The molecule has 8 nitrogen and oxygen atoms in total. The Morgan fingerprint density at radius 1 is 1.00 bits per heavy atom. The molecule has 15 heteroatoms. The van der Waals surface area contributed by atoms with Gasteiger partial charge in [-0.2, -0.15) is 26.3 Å². The van der Waals surface area contributed by atoms with E-state index in [-0.39, 0.29) is 27.7 Å². The summed E-state index contributed by atoms with van der Waals surface area (Å²) in [5.41, 5.74) is -0.213. The van der Waals surface area contributed by atoms with Crippen LogP contribution >= 0.6 is 0 Å². The number of pyridine rings is 1. The summed E-state index contributed by atoms with van der Waals surface area (Å²) in [6, 6.07) is 1.16. The number of hydrogen-bond donors (Lipinski definition) is 0. The second kappa shape index (κ2) is 8.61. The number of hydrogen-bond acceptors (Lipinski definition) is 8. The first-order chi connectivity index (χ1) is 14.1. The van der Waals surface area contributed by atoms with E-state index in [0.29, 0.717) is 0 Å². The molecule has 31 heavy (non-hydrogen) atoms. The average molecular weight is 488 g/mol. The first-order valence-electron chi connectivity index (χ1n) is 8.35. The normalized spacial score (nSPS) is 13.2. The van der Waals surface area contributed by atoms with E-state index in [9.17, 15) is 34.6 Å². The lowest BCUT2D eigenvalue weighted by molar-refractivity contribution is -0.290. The molecule has 0 saturated carbocycles. The van der Waals surface area contributed by atoms with Gasteiger partial charge in [0, 0.05) is 22.2 Å². The van der Waals surface area contributed by atoms with E-state index in [2.05, 4.69) is 24.1 Å². The van der Waals surface area contributed by atoms with Crippen molar-refractivity contribution in [2.24, 2.45) is 4.36 Å². The van der Waals surface area contributed by atoms with Crippen LogP contribution in [0.3, 0.4) is 0 Å². The highest BCUT2D eigenvalue weighted by molar-refractivity contribution is 7.92. The molecule has 0 N–H and O–H groups in total. The van der Waals surface area contributed by atoms with Crippen molar-refractivity contribution in [2.45, 2.75) is 23.9 Å². The molecule has 172 valence electrons. The number of alkyl halides is 5. The quantitative estimate of drug-likeness (QED) is 0.550. The van der Waals surface area contributed by atoms with Gasteiger partial charge in [-0.15, -0.1) is 0 Å². The zero-order chi connectivity index (χ0) is 23.7. The third kappa shape index (κ3) is 6.29. The molecule has 0 fully saturated rings. The van der Waals surface area contributed by atoms with Crippen LogP contribution in [-0.2, 0) is 19.6 Å². The standard InChI is InChI=1S/C16H17F5N4O4S2/c1-4-31(27,28)12-5-10(25-30(2,3)26)6-24-14(12)11-7-23-13(8-22-11)29-9-15(17,18)16(19,20)21/h5-8H,4,9H2,1-3H3. The number of rotatable bonds is 7. The van der Waals surface area contributed by atoms with Gasteiger partial charge in [0.05, 0.1) is 34.9 Å². The highest BCUT2D eigenvalue weighted by Crippen LogP contribution is 2.35. The minimum absolute atomic E-state index is 0.0491. The van der Waals surface area contributed by atoms with Crippen molar-refractivity contribution in [1.82, 2.24) is 15.0 Å². The van der Waals surface area contributed by atoms with Gasteiger partial charge < -0.3 is 4.74 Å². The monoisotopic (exact) mass is 488 g/mol. The van der Waals surface area contributed by atoms with Gasteiger partial charge in [0.25, 0.3) is 0 Å². The van der Waals surface area contributed by atoms with Crippen LogP contribution < -0.4 is 4.74 Å². The summed E-state index contributed by atoms with van der Waals surface area (Å²) in [5.74, 6) is -6.02. The third-order valence-electron chi connectivity index (χ3n) is 3.57. The second-order valence-corrected chi connectivity index (χ2v) is 11.2. The molecule has 0 bridgehead atoms. The molecule has 2 aromatic rings. The minimum Gasteiger partial charge on any atom is -0.470 e. The highest BCUT2D eigenvalue weighted by Gasteiger charge is 2.58. The first-order valence-corrected chi connectivity index (χ1v) is 12.3. The molecule has 0 aromatic carbocycles. The summed E-state index contributed by atoms with van der Waals surface area (Å²) in [6.07, 6.45) is -0.261. The Morgan fingerprint density at radius 2 is 1.65 bits per heavy atom. The van der Waals surface area contributed by atoms with E-state index in [1.54, 1.807) is 0 Å². The van der Waals surface area contributed by atoms with Gasteiger partial charge in [-0.05, 0) is 6.07 Å². The maximum Gasteiger partial charge on any atom is 0.456 e. The molecule has 2 heterocycles. The topological polar surface area (TPSA) is 111 Å². The van der Waals surface area contributed by atoms with Gasteiger partial charge in [-0.25, -0.2) is 22.6 Å². The Kier molecular flexibility index (Phi) is 6.90. The van der Waals surface area contributed by atoms with Crippen molar-refractivity contribution >= 4 is 25.3 Å². The van der Waals surface area contributed by atoms with Crippen LogP contribution in [0, 0.1) is 0 Å². The Balaban J connectivity index is 2.41. The van der Waals surface area contributed by atoms with Gasteiger partial charge >= 0.3 is 12.1 Å². The van der Waals surface area contributed by atoms with Gasteiger partial charge in [0.15, 0.2) is 16.4 Å². The third-order valence-corrected chi connectivity index (χ3v) is 5.96. The van der Waals surface area contributed by atoms with E-state index < -0.39 is 44.2 Å². The molecule has 2 rings (SSSR count). The molecule has 0 atom stereocenters. The molecule has 0 radical (unpaired) electrons. The van der Waals surface area contributed by atoms with Crippen molar-refractivity contribution < 1.29 is 39.3 Å². The van der Waals surface area contributed by atoms with Crippen molar-refractivity contribution in [3.63, 3.8) is 0 Å². The maximum absolute atomic E-state index is 12.9. The van der Waals surface area contributed by atoms with E-state index in [1.165, 1.54) is 19.4 Å². The summed E-state index contributed by atoms with van der Waals surface area (Å²) in [4.78, 5) is 11.1. The molecule has 0 aliphatic heterocycles. The predicted octanol–water partition coefficient (Wildman–Crippen LogP) is 3.27. The van der Waals surface area contributed by atoms with E-state index in [0.717, 1.165) is 24.7 Å². The molecule has 0 amide bonds. The SMILES string of the molecule is CCS(=O)(=O)c1cc(N=S(C)(C)=O)cnc1-c1cnc(OCC(F)(F)C(F)(F)F)cn1. The molecule has 0 spiro atoms. The van der Waals surface area contributed by atoms with Crippen LogP contribution in [0.5, 0.6) is 5.88 Å². The smallest absolute Gasteiger partial charge is 0.456 e. The maximum atomic E-state index is 12.9. The molecular weight excluding hydrogens is 471 g/mol. The molecule has 0 unspecified atom stereocenters. The molecular formula is C16H17F5N4O4S2. The summed E-state index contributed by atoms with van der Waals surface area (Å²) >= 11 is 0. The van der Waals surface area contributed by atoms with Crippen LogP contribution in [0.25, 0.3) is 11.4 Å². The lowest BCUT2D eigenvalue weighted by atomic mass is 10.2. The summed E-state index contributed by atoms with van der Waals surface area (Å²) in [7, 11) is -6.45. The second-order valence-electron chi connectivity index (χ2n) is 6.45. The zero-order valence-corrected chi connectivity index (χ0v) is 18.0. The number of ether oxygens (including phenoxy) is 1. The zero-order valence-electron chi connectivity index (χ0n) is 16.4. The van der Waals surface area contributed by atoms with Crippen LogP contribution in [0.1, 0.15) is 6.92 Å². The molecule has 0 aliphatic rings. The number of halogens is 5. The fourth-order valence-electron chi connectivity index (χ4n) is 2.08. The van der Waals surface area contributed by atoms with Crippen LogP contribution in [-0.4, -0.2) is 64.5 Å². The number of aromatic nitrogens is 3.